The fourth-order valence-corrected chi connectivity index (χ4v) is 7.80. The van der Waals surface area contributed by atoms with E-state index in [9.17, 15) is 24.3 Å². The number of allylic oxidation sites excluding steroid dienone is 1. The molecule has 2 saturated heterocycles. The van der Waals surface area contributed by atoms with Crippen LogP contribution in [0.3, 0.4) is 0 Å². The molecule has 4 aliphatic rings. The summed E-state index contributed by atoms with van der Waals surface area (Å²) in [4.78, 5) is 60.3. The highest BCUT2D eigenvalue weighted by molar-refractivity contribution is 5.99. The lowest BCUT2D eigenvalue weighted by Gasteiger charge is -2.40. The Kier molecular flexibility index (Phi) is 10.3. The maximum atomic E-state index is 14.8. The van der Waals surface area contributed by atoms with Crippen molar-refractivity contribution in [3.63, 3.8) is 0 Å². The number of aliphatic hydroxyl groups is 1. The van der Waals surface area contributed by atoms with E-state index in [2.05, 4.69) is 5.32 Å². The van der Waals surface area contributed by atoms with Crippen molar-refractivity contribution in [2.45, 2.75) is 69.2 Å². The molecular weight excluding hydrogens is 626 g/mol. The van der Waals surface area contributed by atoms with Gasteiger partial charge in [-0.1, -0.05) is 98.8 Å². The topological polar surface area (TPSA) is 135 Å². The number of carbonyl (C=O) groups excluding carboxylic acids is 4. The number of esters is 1. The van der Waals surface area contributed by atoms with Crippen molar-refractivity contribution in [1.29, 1.82) is 0 Å². The SMILES string of the molecule is COC[C@H]1NC(=O)CC/C=C\[C@H]2O[C@]34C=CCN(Cc5ccccc5)C(=O)[C@H]3N([C@@H](CO)C(C)C)C(=O)[C@@H]4[C@H]2C(=O)O[C@@H]1c1ccccc1. The lowest BCUT2D eigenvalue weighted by molar-refractivity contribution is -0.163. The molecule has 0 bridgehead atoms. The van der Waals surface area contributed by atoms with E-state index in [0.717, 1.165) is 5.56 Å². The first-order valence-electron chi connectivity index (χ1n) is 17.0. The summed E-state index contributed by atoms with van der Waals surface area (Å²) in [6.45, 7) is 4.06. The van der Waals surface area contributed by atoms with Gasteiger partial charge in [-0.25, -0.2) is 0 Å². The van der Waals surface area contributed by atoms with E-state index in [0.29, 0.717) is 18.5 Å². The van der Waals surface area contributed by atoms with Crippen LogP contribution in [0.15, 0.2) is 85.0 Å². The molecule has 260 valence electrons. The molecule has 11 nitrogen and oxygen atoms in total. The van der Waals surface area contributed by atoms with Crippen LogP contribution in [0, 0.1) is 17.8 Å². The van der Waals surface area contributed by atoms with E-state index in [4.69, 9.17) is 14.2 Å². The standard InChI is InChI=1S/C38H45N3O8/c1-24(2)28(22-42)41-34-36(45)40(21-25-13-6-4-7-14-25)20-12-19-38(34)32(35(41)44)31-29(49-38)17-10-11-18-30(43)39-27(23-47-3)33(48-37(31)46)26-15-8-5-9-16-26/h4-10,12-17,19,24,27-29,31-34,42H,11,18,20-23H2,1-3H3,(H,39,43)/b17-10-/t27-,28+,29-,31+,32+,33-,34-,38+/m1/s1. The normalized spacial score (nSPS) is 31.5. The van der Waals surface area contributed by atoms with Crippen molar-refractivity contribution in [2.75, 3.05) is 26.9 Å². The maximum absolute atomic E-state index is 14.8. The maximum Gasteiger partial charge on any atom is 0.313 e. The van der Waals surface area contributed by atoms with Gasteiger partial charge in [-0.2, -0.15) is 0 Å². The van der Waals surface area contributed by atoms with Crippen LogP contribution >= 0.6 is 0 Å². The molecule has 8 atom stereocenters. The Labute approximate surface area is 286 Å². The molecule has 6 rings (SSSR count). The Morgan fingerprint density at radius 2 is 1.71 bits per heavy atom. The van der Waals surface area contributed by atoms with E-state index in [-0.39, 0.29) is 43.9 Å². The number of hydrogen-bond donors (Lipinski definition) is 2. The first-order chi connectivity index (χ1) is 23.7. The smallest absolute Gasteiger partial charge is 0.313 e. The van der Waals surface area contributed by atoms with E-state index < -0.39 is 59.6 Å². The largest absolute Gasteiger partial charge is 0.455 e. The minimum absolute atomic E-state index is 0.0716. The van der Waals surface area contributed by atoms with E-state index in [1.165, 1.54) is 12.0 Å². The number of amides is 3. The number of nitrogens with zero attached hydrogens (tertiary/aromatic N) is 2. The number of fused-ring (bicyclic) bond motifs is 2. The first kappa shape index (κ1) is 34.5. The van der Waals surface area contributed by atoms with Crippen LogP contribution in [0.1, 0.15) is 43.9 Å². The van der Waals surface area contributed by atoms with Crippen LogP contribution in [0.25, 0.3) is 0 Å². The molecule has 2 fully saturated rings. The number of nitrogens with one attached hydrogen (secondary N) is 1. The number of cyclic esters (lactones) is 1. The first-order valence-corrected chi connectivity index (χ1v) is 17.0. The van der Waals surface area contributed by atoms with Crippen LogP contribution in [0.2, 0.25) is 0 Å². The molecule has 0 aliphatic carbocycles. The molecule has 4 heterocycles. The van der Waals surface area contributed by atoms with Gasteiger partial charge in [0.25, 0.3) is 0 Å². The van der Waals surface area contributed by atoms with Crippen molar-refractivity contribution < 1.29 is 38.5 Å². The highest BCUT2D eigenvalue weighted by Crippen LogP contribution is 2.54. The number of methoxy groups -OCH3 is 1. The monoisotopic (exact) mass is 671 g/mol. The zero-order chi connectivity index (χ0) is 34.7. The summed E-state index contributed by atoms with van der Waals surface area (Å²) in [5, 5.41) is 13.6. The summed E-state index contributed by atoms with van der Waals surface area (Å²) in [7, 11) is 1.51. The van der Waals surface area contributed by atoms with Crippen LogP contribution in [-0.2, 0) is 39.9 Å². The van der Waals surface area contributed by atoms with Crippen LogP contribution in [0.5, 0.6) is 0 Å². The average Bonchev–Trinajstić information content (AvgIpc) is 3.48. The lowest BCUT2D eigenvalue weighted by Crippen LogP contribution is -2.59. The molecule has 4 aliphatic heterocycles. The summed E-state index contributed by atoms with van der Waals surface area (Å²) in [5.74, 6) is -4.12. The van der Waals surface area contributed by atoms with Gasteiger partial charge in [-0.05, 0) is 23.5 Å². The molecule has 1 spiro atoms. The van der Waals surface area contributed by atoms with Gasteiger partial charge in [0.05, 0.1) is 37.3 Å². The van der Waals surface area contributed by atoms with Gasteiger partial charge in [0.1, 0.15) is 23.7 Å². The minimum Gasteiger partial charge on any atom is -0.455 e. The number of benzene rings is 2. The molecule has 0 aromatic heterocycles. The zero-order valence-electron chi connectivity index (χ0n) is 28.1. The molecule has 49 heavy (non-hydrogen) atoms. The molecule has 2 N–H and O–H groups in total. The third kappa shape index (κ3) is 6.54. The van der Waals surface area contributed by atoms with Crippen molar-refractivity contribution in [2.24, 2.45) is 17.8 Å². The molecule has 2 aromatic rings. The van der Waals surface area contributed by atoms with Crippen molar-refractivity contribution in [3.8, 4) is 0 Å². The Bertz CT molecular complexity index is 1580. The van der Waals surface area contributed by atoms with Crippen molar-refractivity contribution in [3.05, 3.63) is 96.1 Å². The molecule has 3 amide bonds. The van der Waals surface area contributed by atoms with Gasteiger partial charge in [0.2, 0.25) is 17.7 Å². The number of carbonyl (C=O) groups is 4. The number of likely N-dealkylation sites (tertiary alicyclic amines) is 1. The Balaban J connectivity index is 1.45. The summed E-state index contributed by atoms with van der Waals surface area (Å²) in [5.41, 5.74) is 0.0637. The summed E-state index contributed by atoms with van der Waals surface area (Å²) in [6, 6.07) is 16.1. The zero-order valence-corrected chi connectivity index (χ0v) is 28.1. The molecule has 2 aromatic carbocycles. The second-order valence-electron chi connectivity index (χ2n) is 13.6. The molecule has 11 heteroatoms. The van der Waals surface area contributed by atoms with E-state index in [1.807, 2.05) is 80.6 Å². The number of aliphatic hydroxyl groups excluding tert-OH is 1. The number of ether oxygens (including phenoxy) is 3. The van der Waals surface area contributed by atoms with Gasteiger partial charge in [0, 0.05) is 26.6 Å². The van der Waals surface area contributed by atoms with Crippen molar-refractivity contribution >= 4 is 23.7 Å². The van der Waals surface area contributed by atoms with E-state index in [1.54, 1.807) is 23.1 Å². The van der Waals surface area contributed by atoms with Gasteiger partial charge < -0.3 is 34.4 Å². The third-order valence-electron chi connectivity index (χ3n) is 10.1. The van der Waals surface area contributed by atoms with Crippen molar-refractivity contribution in [1.82, 2.24) is 15.1 Å². The second-order valence-corrected chi connectivity index (χ2v) is 13.6. The Morgan fingerprint density at radius 3 is 2.39 bits per heavy atom. The van der Waals surface area contributed by atoms with Crippen LogP contribution < -0.4 is 5.32 Å². The fraction of sp³-hybridized carbons (Fsp3) is 0.474. The predicted molar refractivity (Wildman–Crippen MR) is 179 cm³/mol. The average molecular weight is 672 g/mol. The highest BCUT2D eigenvalue weighted by atomic mass is 16.6. The van der Waals surface area contributed by atoms with Crippen LogP contribution in [0.4, 0.5) is 0 Å². The Hall–Kier alpha value is -4.32. The van der Waals surface area contributed by atoms with E-state index >= 15 is 0 Å². The highest BCUT2D eigenvalue weighted by Gasteiger charge is 2.72. The Morgan fingerprint density at radius 1 is 1.00 bits per heavy atom. The molecule has 0 saturated carbocycles. The summed E-state index contributed by atoms with van der Waals surface area (Å²) < 4.78 is 18.6. The second kappa shape index (κ2) is 14.7. The van der Waals surface area contributed by atoms with Gasteiger partial charge in [-0.15, -0.1) is 0 Å². The summed E-state index contributed by atoms with van der Waals surface area (Å²) in [6.07, 6.45) is 5.78. The predicted octanol–water partition coefficient (Wildman–Crippen LogP) is 2.95. The number of rotatable bonds is 8. The molecule has 0 unspecified atom stereocenters. The minimum atomic E-state index is -1.51. The fourth-order valence-electron chi connectivity index (χ4n) is 7.80. The quantitative estimate of drug-likeness (QED) is 0.323. The lowest BCUT2D eigenvalue weighted by atomic mass is 9.77. The van der Waals surface area contributed by atoms with Gasteiger partial charge >= 0.3 is 5.97 Å². The van der Waals surface area contributed by atoms with Gasteiger partial charge in [0.15, 0.2) is 0 Å². The van der Waals surface area contributed by atoms with Crippen LogP contribution in [-0.4, -0.2) is 95.3 Å². The summed E-state index contributed by atoms with van der Waals surface area (Å²) >= 11 is 0. The van der Waals surface area contributed by atoms with Gasteiger partial charge in [-0.3, -0.25) is 19.2 Å². The molecular formula is C38H45N3O8. The molecule has 0 radical (unpaired) electrons. The third-order valence-corrected chi connectivity index (χ3v) is 10.1. The number of hydrogen-bond acceptors (Lipinski definition) is 8.